The van der Waals surface area contributed by atoms with Crippen molar-refractivity contribution < 1.29 is 10.2 Å². The van der Waals surface area contributed by atoms with Crippen LogP contribution in [0.5, 0.6) is 11.5 Å². The molecule has 0 aromatic heterocycles. The Morgan fingerprint density at radius 1 is 1.29 bits per heavy atom. The van der Waals surface area contributed by atoms with E-state index in [1.54, 1.807) is 6.07 Å². The van der Waals surface area contributed by atoms with E-state index < -0.39 is 0 Å². The van der Waals surface area contributed by atoms with Gasteiger partial charge in [0.05, 0.1) is 0 Å². The molecule has 3 nitrogen and oxygen atoms in total. The molecule has 1 aromatic rings. The van der Waals surface area contributed by atoms with Crippen LogP contribution in [0.3, 0.4) is 0 Å². The Hall–Kier alpha value is -1.66. The normalized spacial score (nSPS) is 9.21. The van der Waals surface area contributed by atoms with Gasteiger partial charge in [0.1, 0.15) is 0 Å². The summed E-state index contributed by atoms with van der Waals surface area (Å²) in [6, 6.07) is 4.54. The maximum Gasteiger partial charge on any atom is 0.158 e. The van der Waals surface area contributed by atoms with Gasteiger partial charge in [-0.15, -0.1) is 0 Å². The van der Waals surface area contributed by atoms with Gasteiger partial charge in [-0.2, -0.15) is 0 Å². The van der Waals surface area contributed by atoms with Crippen LogP contribution in [0.4, 0.5) is 0 Å². The van der Waals surface area contributed by atoms with E-state index in [9.17, 15) is 5.11 Å². The Morgan fingerprint density at radius 3 is 2.71 bits per heavy atom. The van der Waals surface area contributed by atoms with Crippen molar-refractivity contribution in [2.75, 3.05) is 13.6 Å². The fraction of sp³-hybridized carbons (Fsp3) is 0.273. The molecule has 0 radical (unpaired) electrons. The molecular weight excluding hydrogens is 178 g/mol. The Kier molecular flexibility index (Phi) is 3.84. The molecule has 0 saturated heterocycles. The summed E-state index contributed by atoms with van der Waals surface area (Å²) in [5.74, 6) is 5.58. The lowest BCUT2D eigenvalue weighted by Crippen LogP contribution is -2.05. The minimum Gasteiger partial charge on any atom is -0.504 e. The predicted octanol–water partition coefficient (Wildman–Crippen LogP) is 1.06. The topological polar surface area (TPSA) is 52.5 Å². The molecule has 0 spiro atoms. The maximum absolute atomic E-state index is 9.17. The zero-order valence-electron chi connectivity index (χ0n) is 8.04. The highest BCUT2D eigenvalue weighted by Crippen LogP contribution is 2.24. The molecule has 0 bridgehead atoms. The van der Waals surface area contributed by atoms with Crippen molar-refractivity contribution in [2.45, 2.75) is 6.42 Å². The van der Waals surface area contributed by atoms with Crippen LogP contribution in [-0.4, -0.2) is 23.8 Å². The molecule has 0 fully saturated rings. The smallest absolute Gasteiger partial charge is 0.158 e. The standard InChI is InChI=1S/C11H13NO2/c1-12-7-3-2-4-9-5-6-10(13)11(14)8-9/h5-6,8,12-14H,3,7H2,1H3. The third-order valence-corrected chi connectivity index (χ3v) is 1.71. The zero-order valence-corrected chi connectivity index (χ0v) is 8.04. The average molecular weight is 191 g/mol. The van der Waals surface area contributed by atoms with Crippen molar-refractivity contribution >= 4 is 0 Å². The molecule has 3 N–H and O–H groups in total. The molecule has 3 heteroatoms. The van der Waals surface area contributed by atoms with Crippen molar-refractivity contribution in [3.8, 4) is 23.3 Å². The van der Waals surface area contributed by atoms with Crippen molar-refractivity contribution in [2.24, 2.45) is 0 Å². The number of rotatable bonds is 2. The van der Waals surface area contributed by atoms with Crippen LogP contribution in [0.15, 0.2) is 18.2 Å². The second-order valence-corrected chi connectivity index (χ2v) is 2.86. The fourth-order valence-electron chi connectivity index (χ4n) is 0.953. The van der Waals surface area contributed by atoms with E-state index in [1.165, 1.54) is 12.1 Å². The molecule has 74 valence electrons. The largest absolute Gasteiger partial charge is 0.504 e. The highest BCUT2D eigenvalue weighted by atomic mass is 16.3. The van der Waals surface area contributed by atoms with Crippen LogP contribution >= 0.6 is 0 Å². The van der Waals surface area contributed by atoms with Crippen LogP contribution in [0.1, 0.15) is 12.0 Å². The zero-order chi connectivity index (χ0) is 10.4. The van der Waals surface area contributed by atoms with E-state index in [0.29, 0.717) is 5.56 Å². The van der Waals surface area contributed by atoms with Gasteiger partial charge in [0, 0.05) is 18.5 Å². The van der Waals surface area contributed by atoms with Gasteiger partial charge < -0.3 is 15.5 Å². The minimum absolute atomic E-state index is 0.120. The van der Waals surface area contributed by atoms with Crippen LogP contribution < -0.4 is 5.32 Å². The second kappa shape index (κ2) is 5.15. The van der Waals surface area contributed by atoms with E-state index in [1.807, 2.05) is 7.05 Å². The highest BCUT2D eigenvalue weighted by Gasteiger charge is 1.97. The molecule has 0 amide bonds. The number of nitrogens with one attached hydrogen (secondary N) is 1. The summed E-state index contributed by atoms with van der Waals surface area (Å²) in [5.41, 5.74) is 0.705. The fourth-order valence-corrected chi connectivity index (χ4v) is 0.953. The van der Waals surface area contributed by atoms with Crippen LogP contribution in [-0.2, 0) is 0 Å². The summed E-state index contributed by atoms with van der Waals surface area (Å²) < 4.78 is 0. The quantitative estimate of drug-likeness (QED) is 0.372. The molecule has 0 aliphatic heterocycles. The van der Waals surface area contributed by atoms with Crippen molar-refractivity contribution in [3.05, 3.63) is 23.8 Å². The summed E-state index contributed by atoms with van der Waals surface area (Å²) in [6.45, 7) is 0.844. The highest BCUT2D eigenvalue weighted by molar-refractivity contribution is 5.46. The number of benzene rings is 1. The summed E-state index contributed by atoms with van der Waals surface area (Å²) in [4.78, 5) is 0. The lowest BCUT2D eigenvalue weighted by Gasteiger charge is -1.96. The average Bonchev–Trinajstić information content (AvgIpc) is 2.18. The summed E-state index contributed by atoms with van der Waals surface area (Å²) >= 11 is 0. The molecule has 1 aromatic carbocycles. The van der Waals surface area contributed by atoms with E-state index in [2.05, 4.69) is 17.2 Å². The monoisotopic (exact) mass is 191 g/mol. The molecule has 14 heavy (non-hydrogen) atoms. The molecule has 0 aliphatic rings. The van der Waals surface area contributed by atoms with Gasteiger partial charge in [0.2, 0.25) is 0 Å². The SMILES string of the molecule is CNCCC#Cc1ccc(O)c(O)c1. The first-order valence-corrected chi connectivity index (χ1v) is 4.39. The van der Waals surface area contributed by atoms with Gasteiger partial charge in [-0.25, -0.2) is 0 Å². The van der Waals surface area contributed by atoms with E-state index >= 15 is 0 Å². The lowest BCUT2D eigenvalue weighted by atomic mass is 10.2. The van der Waals surface area contributed by atoms with E-state index in [0.717, 1.165) is 13.0 Å². The summed E-state index contributed by atoms with van der Waals surface area (Å²) in [7, 11) is 1.87. The third kappa shape index (κ3) is 3.00. The Balaban J connectivity index is 2.66. The van der Waals surface area contributed by atoms with Crippen molar-refractivity contribution in [3.63, 3.8) is 0 Å². The van der Waals surface area contributed by atoms with Gasteiger partial charge in [-0.05, 0) is 25.2 Å². The minimum atomic E-state index is -0.134. The van der Waals surface area contributed by atoms with Crippen LogP contribution in [0.2, 0.25) is 0 Å². The first-order valence-electron chi connectivity index (χ1n) is 4.39. The molecule has 1 rings (SSSR count). The van der Waals surface area contributed by atoms with Crippen molar-refractivity contribution in [1.29, 1.82) is 0 Å². The molecule has 0 unspecified atom stereocenters. The van der Waals surface area contributed by atoms with Gasteiger partial charge in [0.25, 0.3) is 0 Å². The Labute approximate surface area is 83.4 Å². The number of phenolic OH excluding ortho intramolecular Hbond substituents is 2. The van der Waals surface area contributed by atoms with Crippen LogP contribution in [0.25, 0.3) is 0 Å². The van der Waals surface area contributed by atoms with Gasteiger partial charge in [0.15, 0.2) is 11.5 Å². The first kappa shape index (κ1) is 10.4. The molecule has 0 aliphatic carbocycles. The molecule has 0 heterocycles. The predicted molar refractivity (Wildman–Crippen MR) is 55.2 cm³/mol. The van der Waals surface area contributed by atoms with Gasteiger partial charge in [-0.1, -0.05) is 11.8 Å². The Morgan fingerprint density at radius 2 is 2.07 bits per heavy atom. The van der Waals surface area contributed by atoms with E-state index in [4.69, 9.17) is 5.11 Å². The number of hydrogen-bond donors (Lipinski definition) is 3. The summed E-state index contributed by atoms with van der Waals surface area (Å²) in [5, 5.41) is 21.2. The molecule has 0 saturated carbocycles. The van der Waals surface area contributed by atoms with Crippen LogP contribution in [0, 0.1) is 11.8 Å². The number of aromatic hydroxyl groups is 2. The number of hydrogen-bond acceptors (Lipinski definition) is 3. The number of phenols is 2. The summed E-state index contributed by atoms with van der Waals surface area (Å²) in [6.07, 6.45) is 0.762. The maximum atomic E-state index is 9.17. The third-order valence-electron chi connectivity index (χ3n) is 1.71. The van der Waals surface area contributed by atoms with Gasteiger partial charge >= 0.3 is 0 Å². The lowest BCUT2D eigenvalue weighted by molar-refractivity contribution is 0.403. The van der Waals surface area contributed by atoms with Crippen molar-refractivity contribution in [1.82, 2.24) is 5.32 Å². The second-order valence-electron chi connectivity index (χ2n) is 2.86. The first-order chi connectivity index (χ1) is 6.74. The van der Waals surface area contributed by atoms with E-state index in [-0.39, 0.29) is 11.5 Å². The Bertz CT molecular complexity index is 363. The molecule has 0 atom stereocenters. The van der Waals surface area contributed by atoms with Gasteiger partial charge in [-0.3, -0.25) is 0 Å². The molecular formula is C11H13NO2.